The van der Waals surface area contributed by atoms with E-state index < -0.39 is 17.3 Å². The van der Waals surface area contributed by atoms with Crippen molar-refractivity contribution in [2.45, 2.75) is 44.4 Å². The minimum absolute atomic E-state index is 0.111. The zero-order valence-corrected chi connectivity index (χ0v) is 15.7. The van der Waals surface area contributed by atoms with Crippen molar-refractivity contribution in [2.75, 3.05) is 11.9 Å². The monoisotopic (exact) mass is 382 g/mol. The van der Waals surface area contributed by atoms with E-state index in [1.54, 1.807) is 24.3 Å². The molecule has 0 saturated heterocycles. The Kier molecular flexibility index (Phi) is 4.45. The predicted molar refractivity (Wildman–Crippen MR) is 101 cm³/mol. The van der Waals surface area contributed by atoms with Crippen LogP contribution in [0.25, 0.3) is 0 Å². The van der Waals surface area contributed by atoms with Crippen molar-refractivity contribution in [1.29, 1.82) is 0 Å². The summed E-state index contributed by atoms with van der Waals surface area (Å²) in [5.74, 6) is -1.24. The molecule has 2 heterocycles. The third kappa shape index (κ3) is 2.46. The molecule has 1 aromatic rings. The molecule has 146 valence electrons. The van der Waals surface area contributed by atoms with Gasteiger partial charge in [0.1, 0.15) is 16.7 Å². The third-order valence-corrected chi connectivity index (χ3v) is 5.45. The molecule has 1 amide bonds. The number of carbonyl (C=O) groups is 3. The van der Waals surface area contributed by atoms with Gasteiger partial charge in [-0.15, -0.1) is 0 Å². The van der Waals surface area contributed by atoms with Crippen molar-refractivity contribution in [3.63, 3.8) is 0 Å². The fourth-order valence-corrected chi connectivity index (χ4v) is 4.22. The number of hydrogen-bond donors (Lipinski definition) is 2. The molecule has 1 aromatic carbocycles. The summed E-state index contributed by atoms with van der Waals surface area (Å²) < 4.78 is 11.1. The molecule has 0 fully saturated rings. The molecule has 0 bridgehead atoms. The van der Waals surface area contributed by atoms with Crippen molar-refractivity contribution in [2.24, 2.45) is 5.73 Å². The number of unbranched alkanes of at least 4 members (excludes halogenated alkanes) is 1. The second-order valence-electron chi connectivity index (χ2n) is 7.16. The van der Waals surface area contributed by atoms with Crippen LogP contribution < -0.4 is 11.1 Å². The second-order valence-corrected chi connectivity index (χ2v) is 7.16. The number of ketones is 1. The molecule has 2 aliphatic heterocycles. The van der Waals surface area contributed by atoms with E-state index in [9.17, 15) is 14.4 Å². The van der Waals surface area contributed by atoms with E-state index in [2.05, 4.69) is 5.32 Å². The number of fused-ring (bicyclic) bond motifs is 3. The van der Waals surface area contributed by atoms with Crippen LogP contribution in [0.1, 0.15) is 44.6 Å². The SMILES string of the molecule is CCCCOC(=O)C1=C(N)OC2=C(C(=O)CCC2)[C@]12C(=O)Nc1ccccc12. The highest BCUT2D eigenvalue weighted by atomic mass is 16.5. The Hall–Kier alpha value is -3.09. The standard InChI is InChI=1S/C21H22N2O5/c1-2-3-11-27-19(25)17-18(22)28-15-10-6-9-14(24)16(15)21(17)12-7-4-5-8-13(12)23-20(21)26/h4-5,7-8H,2-3,6,9-11,22H2,1H3,(H,23,26)/t21-/m0/s1. The zero-order chi connectivity index (χ0) is 19.9. The van der Waals surface area contributed by atoms with Gasteiger partial charge in [-0.25, -0.2) is 4.79 Å². The molecule has 4 rings (SSSR count). The maximum absolute atomic E-state index is 13.3. The average molecular weight is 382 g/mol. The van der Waals surface area contributed by atoms with Gasteiger partial charge in [0.15, 0.2) is 5.78 Å². The Morgan fingerprint density at radius 1 is 1.29 bits per heavy atom. The lowest BCUT2D eigenvalue weighted by molar-refractivity contribution is -0.141. The van der Waals surface area contributed by atoms with Crippen molar-refractivity contribution in [3.8, 4) is 0 Å². The van der Waals surface area contributed by atoms with Gasteiger partial charge in [0, 0.05) is 24.1 Å². The fraction of sp³-hybridized carbons (Fsp3) is 0.381. The Balaban J connectivity index is 1.94. The Morgan fingerprint density at radius 3 is 2.86 bits per heavy atom. The summed E-state index contributed by atoms with van der Waals surface area (Å²) >= 11 is 0. The number of nitrogens with two attached hydrogens (primary N) is 1. The third-order valence-electron chi connectivity index (χ3n) is 5.45. The van der Waals surface area contributed by atoms with Crippen LogP contribution in [-0.4, -0.2) is 24.3 Å². The molecule has 1 spiro atoms. The minimum atomic E-state index is -1.63. The first-order valence-corrected chi connectivity index (χ1v) is 9.54. The number of Topliss-reactive ketones (excluding diaryl/α,β-unsaturated/α-hetero) is 1. The summed E-state index contributed by atoms with van der Waals surface area (Å²) in [6.45, 7) is 2.18. The highest BCUT2D eigenvalue weighted by Crippen LogP contribution is 2.54. The quantitative estimate of drug-likeness (QED) is 0.612. The van der Waals surface area contributed by atoms with Crippen molar-refractivity contribution in [3.05, 3.63) is 52.6 Å². The average Bonchev–Trinajstić information content (AvgIpc) is 2.94. The van der Waals surface area contributed by atoms with Crippen LogP contribution in [0.3, 0.4) is 0 Å². The first-order valence-electron chi connectivity index (χ1n) is 9.54. The summed E-state index contributed by atoms with van der Waals surface area (Å²) in [7, 11) is 0. The van der Waals surface area contributed by atoms with Crippen molar-refractivity contribution >= 4 is 23.3 Å². The molecule has 3 N–H and O–H groups in total. The number of benzene rings is 1. The molecule has 0 aromatic heterocycles. The van der Waals surface area contributed by atoms with Gasteiger partial charge in [-0.2, -0.15) is 0 Å². The van der Waals surface area contributed by atoms with Gasteiger partial charge in [-0.3, -0.25) is 9.59 Å². The van der Waals surface area contributed by atoms with Crippen molar-refractivity contribution in [1.82, 2.24) is 0 Å². The van der Waals surface area contributed by atoms with Gasteiger partial charge < -0.3 is 20.5 Å². The van der Waals surface area contributed by atoms with Crippen LogP contribution in [-0.2, 0) is 29.3 Å². The number of amides is 1. The topological polar surface area (TPSA) is 108 Å². The Bertz CT molecular complexity index is 946. The number of hydrogen-bond acceptors (Lipinski definition) is 6. The summed E-state index contributed by atoms with van der Waals surface area (Å²) in [5, 5.41) is 2.81. The van der Waals surface area contributed by atoms with E-state index in [0.29, 0.717) is 36.3 Å². The molecule has 1 aliphatic carbocycles. The first-order chi connectivity index (χ1) is 13.5. The van der Waals surface area contributed by atoms with Crippen molar-refractivity contribution < 1.29 is 23.9 Å². The first kappa shape index (κ1) is 18.3. The van der Waals surface area contributed by atoms with E-state index in [1.807, 2.05) is 6.92 Å². The van der Waals surface area contributed by atoms with Gasteiger partial charge >= 0.3 is 5.97 Å². The van der Waals surface area contributed by atoms with E-state index in [0.717, 1.165) is 6.42 Å². The normalized spacial score (nSPS) is 23.3. The van der Waals surface area contributed by atoms with Gasteiger partial charge in [0.2, 0.25) is 11.8 Å². The number of rotatable bonds is 4. The summed E-state index contributed by atoms with van der Waals surface area (Å²) in [6.07, 6.45) is 2.91. The minimum Gasteiger partial charge on any atom is -0.462 e. The van der Waals surface area contributed by atoms with Gasteiger partial charge in [-0.05, 0) is 18.9 Å². The number of carbonyl (C=O) groups excluding carboxylic acids is 3. The highest BCUT2D eigenvalue weighted by Gasteiger charge is 2.61. The smallest absolute Gasteiger partial charge is 0.341 e. The molecule has 0 unspecified atom stereocenters. The summed E-state index contributed by atoms with van der Waals surface area (Å²) in [5.41, 5.74) is 5.68. The van der Waals surface area contributed by atoms with Crippen LogP contribution in [0.4, 0.5) is 5.69 Å². The van der Waals surface area contributed by atoms with Gasteiger partial charge in [0.05, 0.1) is 12.2 Å². The number of para-hydroxylation sites is 1. The number of allylic oxidation sites excluding steroid dienone is 1. The van der Waals surface area contributed by atoms with Gasteiger partial charge in [-0.1, -0.05) is 31.5 Å². The number of nitrogens with one attached hydrogen (secondary N) is 1. The predicted octanol–water partition coefficient (Wildman–Crippen LogP) is 2.43. The Morgan fingerprint density at radius 2 is 2.07 bits per heavy atom. The molecular weight excluding hydrogens is 360 g/mol. The molecule has 28 heavy (non-hydrogen) atoms. The van der Waals surface area contributed by atoms with Crippen LogP contribution in [0, 0.1) is 0 Å². The Labute approximate surface area is 162 Å². The number of ether oxygens (including phenoxy) is 2. The lowest BCUT2D eigenvalue weighted by Gasteiger charge is -2.38. The van der Waals surface area contributed by atoms with E-state index in [4.69, 9.17) is 15.2 Å². The van der Waals surface area contributed by atoms with Crippen LogP contribution in [0.2, 0.25) is 0 Å². The maximum Gasteiger partial charge on any atom is 0.341 e. The van der Waals surface area contributed by atoms with Crippen LogP contribution in [0.15, 0.2) is 47.1 Å². The number of esters is 1. The fourth-order valence-electron chi connectivity index (χ4n) is 4.22. The molecule has 0 radical (unpaired) electrons. The van der Waals surface area contributed by atoms with Gasteiger partial charge in [0.25, 0.3) is 0 Å². The maximum atomic E-state index is 13.3. The summed E-state index contributed by atoms with van der Waals surface area (Å²) in [4.78, 5) is 39.3. The molecule has 7 nitrogen and oxygen atoms in total. The lowest BCUT2D eigenvalue weighted by atomic mass is 9.65. The van der Waals surface area contributed by atoms with E-state index >= 15 is 0 Å². The summed E-state index contributed by atoms with van der Waals surface area (Å²) in [6, 6.07) is 7.01. The highest BCUT2D eigenvalue weighted by molar-refractivity contribution is 6.22. The molecule has 1 atom stereocenters. The van der Waals surface area contributed by atoms with E-state index in [-0.39, 0.29) is 35.8 Å². The molecule has 3 aliphatic rings. The van der Waals surface area contributed by atoms with E-state index in [1.165, 1.54) is 0 Å². The van der Waals surface area contributed by atoms with Crippen LogP contribution in [0.5, 0.6) is 0 Å². The van der Waals surface area contributed by atoms with Crippen LogP contribution >= 0.6 is 0 Å². The molecular formula is C21H22N2O5. The number of anilines is 1. The largest absolute Gasteiger partial charge is 0.462 e. The molecule has 7 heteroatoms. The second kappa shape index (κ2) is 6.82. The molecule has 0 saturated carbocycles. The lowest BCUT2D eigenvalue weighted by Crippen LogP contribution is -2.49. The zero-order valence-electron chi connectivity index (χ0n) is 15.7.